The van der Waals surface area contributed by atoms with E-state index in [1.807, 2.05) is 30.9 Å². The second-order valence-electron chi connectivity index (χ2n) is 4.01. The summed E-state index contributed by atoms with van der Waals surface area (Å²) >= 11 is 0. The second kappa shape index (κ2) is 4.49. The molecule has 0 saturated carbocycles. The highest BCUT2D eigenvalue weighted by Gasteiger charge is 2.10. The summed E-state index contributed by atoms with van der Waals surface area (Å²) in [5.74, 6) is 0.953. The van der Waals surface area contributed by atoms with Gasteiger partial charge in [0.25, 0.3) is 0 Å². The molecule has 1 atom stereocenters. The molecule has 0 aliphatic heterocycles. The van der Waals surface area contributed by atoms with Crippen molar-refractivity contribution in [2.24, 2.45) is 14.1 Å². The van der Waals surface area contributed by atoms with E-state index in [1.165, 1.54) is 5.69 Å². The fourth-order valence-corrected chi connectivity index (χ4v) is 1.71. The Morgan fingerprint density at radius 1 is 1.38 bits per heavy atom. The molecule has 1 unspecified atom stereocenters. The summed E-state index contributed by atoms with van der Waals surface area (Å²) in [6.45, 7) is 2.92. The van der Waals surface area contributed by atoms with Crippen LogP contribution in [0.4, 0.5) is 0 Å². The lowest BCUT2D eigenvalue weighted by Gasteiger charge is -2.13. The van der Waals surface area contributed by atoms with E-state index >= 15 is 0 Å². The van der Waals surface area contributed by atoms with E-state index in [4.69, 9.17) is 0 Å². The number of aryl methyl sites for hydroxylation is 2. The van der Waals surface area contributed by atoms with Gasteiger partial charge in [0.2, 0.25) is 0 Å². The number of nitrogens with zero attached hydrogens (tertiary/aromatic N) is 4. The summed E-state index contributed by atoms with van der Waals surface area (Å²) in [6, 6.07) is 4.35. The normalized spacial score (nSPS) is 12.9. The molecule has 2 rings (SSSR count). The van der Waals surface area contributed by atoms with Crippen LogP contribution in [0.1, 0.15) is 24.5 Å². The van der Waals surface area contributed by atoms with Crippen molar-refractivity contribution in [2.75, 3.05) is 0 Å². The Labute approximate surface area is 95.1 Å². The van der Waals surface area contributed by atoms with Gasteiger partial charge in [0, 0.05) is 32.5 Å². The first kappa shape index (κ1) is 10.9. The van der Waals surface area contributed by atoms with E-state index in [2.05, 4.69) is 33.1 Å². The lowest BCUT2D eigenvalue weighted by Crippen LogP contribution is -2.22. The Morgan fingerprint density at radius 3 is 2.75 bits per heavy atom. The van der Waals surface area contributed by atoms with Crippen molar-refractivity contribution >= 4 is 0 Å². The average Bonchev–Trinajstić information content (AvgIpc) is 2.84. The molecular formula is C11H17N5. The second-order valence-corrected chi connectivity index (χ2v) is 4.01. The maximum absolute atomic E-state index is 4.08. The number of aromatic nitrogens is 4. The van der Waals surface area contributed by atoms with E-state index in [-0.39, 0.29) is 6.04 Å². The summed E-state index contributed by atoms with van der Waals surface area (Å²) in [5.41, 5.74) is 1.26. The summed E-state index contributed by atoms with van der Waals surface area (Å²) in [4.78, 5) is 0. The van der Waals surface area contributed by atoms with Gasteiger partial charge in [0.15, 0.2) is 0 Å². The molecule has 2 heterocycles. The minimum atomic E-state index is 0.197. The van der Waals surface area contributed by atoms with Gasteiger partial charge < -0.3 is 14.5 Å². The van der Waals surface area contributed by atoms with Gasteiger partial charge in [0.1, 0.15) is 12.2 Å². The average molecular weight is 219 g/mol. The minimum absolute atomic E-state index is 0.197. The molecule has 0 aromatic carbocycles. The van der Waals surface area contributed by atoms with Crippen LogP contribution >= 0.6 is 0 Å². The third-order valence-electron chi connectivity index (χ3n) is 2.77. The lowest BCUT2D eigenvalue weighted by atomic mass is 10.3. The topological polar surface area (TPSA) is 47.7 Å². The van der Waals surface area contributed by atoms with Gasteiger partial charge >= 0.3 is 0 Å². The lowest BCUT2D eigenvalue weighted by molar-refractivity contribution is 0.517. The van der Waals surface area contributed by atoms with E-state index in [9.17, 15) is 0 Å². The van der Waals surface area contributed by atoms with Crippen molar-refractivity contribution in [3.05, 3.63) is 36.2 Å². The molecule has 86 valence electrons. The third-order valence-corrected chi connectivity index (χ3v) is 2.77. The number of nitrogens with one attached hydrogen (secondary N) is 1. The highest BCUT2D eigenvalue weighted by Crippen LogP contribution is 2.08. The van der Waals surface area contributed by atoms with Crippen LogP contribution in [0, 0.1) is 0 Å². The number of rotatable bonds is 4. The molecule has 0 aliphatic rings. The Balaban J connectivity index is 1.97. The van der Waals surface area contributed by atoms with Crippen molar-refractivity contribution in [1.82, 2.24) is 24.6 Å². The van der Waals surface area contributed by atoms with Gasteiger partial charge in [-0.3, -0.25) is 0 Å². The summed E-state index contributed by atoms with van der Waals surface area (Å²) in [7, 11) is 4.00. The molecule has 5 nitrogen and oxygen atoms in total. The van der Waals surface area contributed by atoms with Gasteiger partial charge in [0.05, 0.1) is 6.04 Å². The fraction of sp³-hybridized carbons (Fsp3) is 0.455. The monoisotopic (exact) mass is 219 g/mol. The molecular weight excluding hydrogens is 202 g/mol. The number of hydrogen-bond donors (Lipinski definition) is 1. The predicted molar refractivity (Wildman–Crippen MR) is 61.7 cm³/mol. The molecule has 0 bridgehead atoms. The van der Waals surface area contributed by atoms with Crippen LogP contribution in [0.2, 0.25) is 0 Å². The SMILES string of the molecule is CC(NCc1cccn1C)c1nncn1C. The fourth-order valence-electron chi connectivity index (χ4n) is 1.71. The van der Waals surface area contributed by atoms with Crippen molar-refractivity contribution in [3.8, 4) is 0 Å². The largest absolute Gasteiger partial charge is 0.353 e. The standard InChI is InChI=1S/C11H17N5/c1-9(11-14-13-8-16(11)3)12-7-10-5-4-6-15(10)2/h4-6,8-9,12H,7H2,1-3H3. The van der Waals surface area contributed by atoms with Gasteiger partial charge in [-0.1, -0.05) is 0 Å². The molecule has 0 saturated heterocycles. The quantitative estimate of drug-likeness (QED) is 0.834. The Kier molecular flexibility index (Phi) is 3.05. The van der Waals surface area contributed by atoms with Gasteiger partial charge in [-0.15, -0.1) is 10.2 Å². The maximum Gasteiger partial charge on any atom is 0.149 e. The Morgan fingerprint density at radius 2 is 2.19 bits per heavy atom. The van der Waals surface area contributed by atoms with Crippen LogP contribution in [-0.2, 0) is 20.6 Å². The van der Waals surface area contributed by atoms with E-state index in [0.717, 1.165) is 12.4 Å². The Bertz CT molecular complexity index is 456. The van der Waals surface area contributed by atoms with Crippen LogP contribution in [0.3, 0.4) is 0 Å². The minimum Gasteiger partial charge on any atom is -0.353 e. The van der Waals surface area contributed by atoms with Crippen LogP contribution in [-0.4, -0.2) is 19.3 Å². The first-order chi connectivity index (χ1) is 7.68. The third kappa shape index (κ3) is 2.14. The van der Waals surface area contributed by atoms with Crippen LogP contribution in [0.15, 0.2) is 24.7 Å². The van der Waals surface area contributed by atoms with E-state index < -0.39 is 0 Å². The summed E-state index contributed by atoms with van der Waals surface area (Å²) < 4.78 is 4.04. The van der Waals surface area contributed by atoms with Crippen LogP contribution in [0.25, 0.3) is 0 Å². The van der Waals surface area contributed by atoms with Gasteiger partial charge in [-0.2, -0.15) is 0 Å². The van der Waals surface area contributed by atoms with E-state index in [1.54, 1.807) is 6.33 Å². The van der Waals surface area contributed by atoms with Crippen LogP contribution in [0.5, 0.6) is 0 Å². The first-order valence-electron chi connectivity index (χ1n) is 5.36. The zero-order valence-electron chi connectivity index (χ0n) is 9.88. The highest BCUT2D eigenvalue weighted by atomic mass is 15.3. The number of hydrogen-bond acceptors (Lipinski definition) is 3. The van der Waals surface area contributed by atoms with E-state index in [0.29, 0.717) is 0 Å². The molecule has 1 N–H and O–H groups in total. The van der Waals surface area contributed by atoms with Gasteiger partial charge in [-0.25, -0.2) is 0 Å². The van der Waals surface area contributed by atoms with Crippen molar-refractivity contribution in [2.45, 2.75) is 19.5 Å². The smallest absolute Gasteiger partial charge is 0.149 e. The maximum atomic E-state index is 4.08. The summed E-state index contributed by atoms with van der Waals surface area (Å²) in [6.07, 6.45) is 3.76. The predicted octanol–water partition coefficient (Wildman–Crippen LogP) is 1.00. The molecule has 16 heavy (non-hydrogen) atoms. The molecule has 0 aliphatic carbocycles. The van der Waals surface area contributed by atoms with Crippen molar-refractivity contribution in [3.63, 3.8) is 0 Å². The zero-order valence-corrected chi connectivity index (χ0v) is 9.88. The zero-order chi connectivity index (χ0) is 11.5. The highest BCUT2D eigenvalue weighted by molar-refractivity contribution is 5.06. The molecule has 2 aromatic heterocycles. The molecule has 0 spiro atoms. The van der Waals surface area contributed by atoms with Crippen molar-refractivity contribution in [1.29, 1.82) is 0 Å². The molecule has 0 fully saturated rings. The Hall–Kier alpha value is -1.62. The first-order valence-corrected chi connectivity index (χ1v) is 5.36. The summed E-state index contributed by atoms with van der Waals surface area (Å²) in [5, 5.41) is 11.4. The van der Waals surface area contributed by atoms with Crippen molar-refractivity contribution < 1.29 is 0 Å². The molecule has 0 radical (unpaired) electrons. The molecule has 0 amide bonds. The molecule has 2 aromatic rings. The van der Waals surface area contributed by atoms with Crippen LogP contribution < -0.4 is 5.32 Å². The molecule has 5 heteroatoms. The van der Waals surface area contributed by atoms with Gasteiger partial charge in [-0.05, 0) is 19.1 Å².